The number of rotatable bonds is 6. The van der Waals surface area contributed by atoms with E-state index in [9.17, 15) is 4.39 Å². The van der Waals surface area contributed by atoms with Gasteiger partial charge in [-0.3, -0.25) is 4.99 Å². The third-order valence-corrected chi connectivity index (χ3v) is 4.68. The fourth-order valence-corrected chi connectivity index (χ4v) is 2.99. The van der Waals surface area contributed by atoms with E-state index in [4.69, 9.17) is 0 Å². The van der Waals surface area contributed by atoms with Crippen LogP contribution in [0.3, 0.4) is 0 Å². The third kappa shape index (κ3) is 8.18. The number of aliphatic imine (C=N–C) groups is 1. The monoisotopic (exact) mass is 477 g/mol. The average Bonchev–Trinajstić information content (AvgIpc) is 2.81. The van der Waals surface area contributed by atoms with Crippen molar-refractivity contribution in [1.82, 2.24) is 20.4 Å². The van der Waals surface area contributed by atoms with Gasteiger partial charge in [0.1, 0.15) is 5.82 Å². The van der Waals surface area contributed by atoms with Crippen molar-refractivity contribution in [3.05, 3.63) is 35.1 Å². The molecule has 26 heavy (non-hydrogen) atoms. The molecule has 0 bridgehead atoms. The number of aryl methyl sites for hydroxylation is 1. The normalized spacial score (nSPS) is 16.7. The number of nitrogens with one attached hydrogen (secondary N) is 2. The number of benzene rings is 1. The Morgan fingerprint density at radius 3 is 2.73 bits per heavy atom. The Labute approximate surface area is 174 Å². The molecule has 1 heterocycles. The highest BCUT2D eigenvalue weighted by molar-refractivity contribution is 14.0. The van der Waals surface area contributed by atoms with Gasteiger partial charge in [-0.15, -0.1) is 24.0 Å². The molecule has 0 unspecified atom stereocenters. The summed E-state index contributed by atoms with van der Waals surface area (Å²) in [6, 6.07) is 5.32. The number of hydrogen-bond donors (Lipinski definition) is 2. The van der Waals surface area contributed by atoms with Crippen LogP contribution in [0.2, 0.25) is 0 Å². The highest BCUT2D eigenvalue weighted by atomic mass is 127. The molecule has 1 aromatic rings. The lowest BCUT2D eigenvalue weighted by Crippen LogP contribution is -2.38. The molecule has 0 spiro atoms. The molecule has 0 aromatic heterocycles. The zero-order chi connectivity index (χ0) is 18.1. The SMILES string of the molecule is CN=C(NCCCN1CCCN(C)CC1)NCc1ccc(C)c(F)c1.I. The Hall–Kier alpha value is -0.930. The van der Waals surface area contributed by atoms with E-state index in [-0.39, 0.29) is 29.8 Å². The van der Waals surface area contributed by atoms with Gasteiger partial charge < -0.3 is 20.4 Å². The number of halogens is 2. The number of hydrogen-bond acceptors (Lipinski definition) is 3. The van der Waals surface area contributed by atoms with Crippen LogP contribution in [0, 0.1) is 12.7 Å². The molecule has 0 amide bonds. The fourth-order valence-electron chi connectivity index (χ4n) is 2.99. The van der Waals surface area contributed by atoms with Crippen LogP contribution >= 0.6 is 24.0 Å². The largest absolute Gasteiger partial charge is 0.356 e. The van der Waals surface area contributed by atoms with Gasteiger partial charge in [0.15, 0.2) is 5.96 Å². The maximum atomic E-state index is 13.6. The van der Waals surface area contributed by atoms with Crippen molar-refractivity contribution in [2.75, 3.05) is 53.4 Å². The lowest BCUT2D eigenvalue weighted by Gasteiger charge is -2.20. The second-order valence-electron chi connectivity index (χ2n) is 6.79. The molecule has 148 valence electrons. The Morgan fingerprint density at radius 2 is 2.00 bits per heavy atom. The van der Waals surface area contributed by atoms with E-state index in [0.717, 1.165) is 44.1 Å². The molecule has 1 aromatic carbocycles. The average molecular weight is 477 g/mol. The first-order valence-corrected chi connectivity index (χ1v) is 9.19. The molecule has 1 aliphatic rings. The van der Waals surface area contributed by atoms with E-state index in [0.29, 0.717) is 12.1 Å². The first kappa shape index (κ1) is 23.1. The zero-order valence-electron chi connectivity index (χ0n) is 16.2. The van der Waals surface area contributed by atoms with Crippen molar-refractivity contribution in [3.63, 3.8) is 0 Å². The van der Waals surface area contributed by atoms with E-state index in [2.05, 4.69) is 32.5 Å². The van der Waals surface area contributed by atoms with Crippen LogP contribution in [0.5, 0.6) is 0 Å². The van der Waals surface area contributed by atoms with Gasteiger partial charge >= 0.3 is 0 Å². The van der Waals surface area contributed by atoms with Crippen LogP contribution in [-0.4, -0.2) is 69.1 Å². The summed E-state index contributed by atoms with van der Waals surface area (Å²) in [5.41, 5.74) is 1.59. The van der Waals surface area contributed by atoms with Crippen molar-refractivity contribution in [1.29, 1.82) is 0 Å². The Balaban J connectivity index is 0.00000338. The molecule has 0 aliphatic carbocycles. The Bertz CT molecular complexity index is 567. The molecule has 1 saturated heterocycles. The molecule has 2 N–H and O–H groups in total. The Morgan fingerprint density at radius 1 is 1.19 bits per heavy atom. The third-order valence-electron chi connectivity index (χ3n) is 4.68. The summed E-state index contributed by atoms with van der Waals surface area (Å²) in [5, 5.41) is 6.58. The topological polar surface area (TPSA) is 42.9 Å². The van der Waals surface area contributed by atoms with Gasteiger partial charge in [0.25, 0.3) is 0 Å². The van der Waals surface area contributed by atoms with E-state index in [1.165, 1.54) is 19.5 Å². The number of guanidine groups is 1. The highest BCUT2D eigenvalue weighted by Crippen LogP contribution is 2.08. The van der Waals surface area contributed by atoms with Crippen molar-refractivity contribution >= 4 is 29.9 Å². The quantitative estimate of drug-likeness (QED) is 0.286. The van der Waals surface area contributed by atoms with Crippen molar-refractivity contribution in [2.45, 2.75) is 26.3 Å². The van der Waals surface area contributed by atoms with Crippen LogP contribution in [0.1, 0.15) is 24.0 Å². The first-order chi connectivity index (χ1) is 12.1. The van der Waals surface area contributed by atoms with Crippen molar-refractivity contribution in [3.8, 4) is 0 Å². The summed E-state index contributed by atoms with van der Waals surface area (Å²) >= 11 is 0. The number of nitrogens with zero attached hydrogens (tertiary/aromatic N) is 3. The van der Waals surface area contributed by atoms with E-state index < -0.39 is 0 Å². The maximum Gasteiger partial charge on any atom is 0.191 e. The van der Waals surface area contributed by atoms with Crippen LogP contribution in [0.25, 0.3) is 0 Å². The van der Waals surface area contributed by atoms with Gasteiger partial charge in [-0.25, -0.2) is 4.39 Å². The van der Waals surface area contributed by atoms with Gasteiger partial charge in [0.05, 0.1) is 0 Å². The summed E-state index contributed by atoms with van der Waals surface area (Å²) in [6.07, 6.45) is 2.34. The molecule has 0 radical (unpaired) electrons. The van der Waals surface area contributed by atoms with Crippen molar-refractivity contribution < 1.29 is 4.39 Å². The van der Waals surface area contributed by atoms with Crippen LogP contribution < -0.4 is 10.6 Å². The Kier molecular flexibility index (Phi) is 11.1. The predicted octanol–water partition coefficient (Wildman–Crippen LogP) is 2.44. The van der Waals surface area contributed by atoms with Crippen molar-refractivity contribution in [2.24, 2.45) is 4.99 Å². The molecule has 0 saturated carbocycles. The molecule has 0 atom stereocenters. The van der Waals surface area contributed by atoms with Crippen LogP contribution in [-0.2, 0) is 6.54 Å². The van der Waals surface area contributed by atoms with Gasteiger partial charge in [0.2, 0.25) is 0 Å². The molecular weight excluding hydrogens is 444 g/mol. The molecule has 7 heteroatoms. The fraction of sp³-hybridized carbons (Fsp3) is 0.632. The van der Waals surface area contributed by atoms with E-state index in [1.54, 1.807) is 26.1 Å². The second-order valence-corrected chi connectivity index (χ2v) is 6.79. The molecular formula is C19H33FIN5. The van der Waals surface area contributed by atoms with Crippen LogP contribution in [0.15, 0.2) is 23.2 Å². The van der Waals surface area contributed by atoms with E-state index in [1.807, 2.05) is 6.07 Å². The van der Waals surface area contributed by atoms with Gasteiger partial charge in [-0.1, -0.05) is 12.1 Å². The molecule has 1 aliphatic heterocycles. The lowest BCUT2D eigenvalue weighted by atomic mass is 10.1. The van der Waals surface area contributed by atoms with Gasteiger partial charge in [-0.05, 0) is 63.6 Å². The summed E-state index contributed by atoms with van der Waals surface area (Å²) < 4.78 is 13.6. The maximum absolute atomic E-state index is 13.6. The highest BCUT2D eigenvalue weighted by Gasteiger charge is 2.11. The zero-order valence-corrected chi connectivity index (χ0v) is 18.6. The summed E-state index contributed by atoms with van der Waals surface area (Å²) in [5.74, 6) is 0.599. The van der Waals surface area contributed by atoms with E-state index >= 15 is 0 Å². The first-order valence-electron chi connectivity index (χ1n) is 9.19. The second kappa shape index (κ2) is 12.5. The molecule has 2 rings (SSSR count). The minimum Gasteiger partial charge on any atom is -0.356 e. The van der Waals surface area contributed by atoms with Gasteiger partial charge in [-0.2, -0.15) is 0 Å². The lowest BCUT2D eigenvalue weighted by molar-refractivity contribution is 0.274. The standard InChI is InChI=1S/C19H32FN5.HI/c1-16-6-7-17(14-18(16)20)15-23-19(21-2)22-8-4-10-25-11-5-9-24(3)12-13-25;/h6-7,14H,4-5,8-13,15H2,1-3H3,(H2,21,22,23);1H. The smallest absolute Gasteiger partial charge is 0.191 e. The molecule has 5 nitrogen and oxygen atoms in total. The minimum atomic E-state index is -0.162. The summed E-state index contributed by atoms with van der Waals surface area (Å²) in [4.78, 5) is 9.17. The summed E-state index contributed by atoms with van der Waals surface area (Å²) in [7, 11) is 3.95. The van der Waals surface area contributed by atoms with Crippen LogP contribution in [0.4, 0.5) is 4.39 Å². The minimum absolute atomic E-state index is 0. The predicted molar refractivity (Wildman–Crippen MR) is 118 cm³/mol. The van der Waals surface area contributed by atoms with Gasteiger partial charge in [0, 0.05) is 33.2 Å². The number of likely N-dealkylation sites (N-methyl/N-ethyl adjacent to an activating group) is 1. The summed E-state index contributed by atoms with van der Waals surface area (Å²) in [6.45, 7) is 9.04. The molecule has 1 fully saturated rings.